The summed E-state index contributed by atoms with van der Waals surface area (Å²) in [6.07, 6.45) is 1.72. The quantitative estimate of drug-likeness (QED) is 0.855. The monoisotopic (exact) mass is 279 g/mol. The van der Waals surface area contributed by atoms with Gasteiger partial charge in [-0.25, -0.2) is 0 Å². The van der Waals surface area contributed by atoms with E-state index < -0.39 is 6.04 Å². The number of ether oxygens (including phenoxy) is 1. The van der Waals surface area contributed by atoms with Crippen molar-refractivity contribution in [2.45, 2.75) is 33.4 Å². The predicted octanol–water partition coefficient (Wildman–Crippen LogP) is 1.43. The highest BCUT2D eigenvalue weighted by molar-refractivity contribution is 5.82. The van der Waals surface area contributed by atoms with Gasteiger partial charge in [0.15, 0.2) is 0 Å². The van der Waals surface area contributed by atoms with Crippen LogP contribution in [0.2, 0.25) is 0 Å². The van der Waals surface area contributed by atoms with Crippen molar-refractivity contribution in [3.05, 3.63) is 30.1 Å². The number of aromatic nitrogens is 1. The topological polar surface area (TPSA) is 68.5 Å². The fourth-order valence-corrected chi connectivity index (χ4v) is 1.72. The number of hydrogen-bond acceptors (Lipinski definition) is 4. The van der Waals surface area contributed by atoms with Crippen molar-refractivity contribution in [2.75, 3.05) is 20.3 Å². The normalized spacial score (nSPS) is 13.1. The van der Waals surface area contributed by atoms with E-state index in [1.165, 1.54) is 0 Å². The van der Waals surface area contributed by atoms with Gasteiger partial charge in [-0.2, -0.15) is 0 Å². The third kappa shape index (κ3) is 4.90. The molecule has 1 aromatic rings. The fourth-order valence-electron chi connectivity index (χ4n) is 1.72. The first-order chi connectivity index (χ1) is 9.36. The minimum absolute atomic E-state index is 0.0693. The highest BCUT2D eigenvalue weighted by Gasteiger charge is 2.31. The zero-order valence-corrected chi connectivity index (χ0v) is 12.8. The van der Waals surface area contributed by atoms with Crippen molar-refractivity contribution in [1.29, 1.82) is 0 Å². The zero-order valence-electron chi connectivity index (χ0n) is 12.8. The Bertz CT molecular complexity index is 415. The van der Waals surface area contributed by atoms with Crippen molar-refractivity contribution in [2.24, 2.45) is 11.1 Å². The summed E-state index contributed by atoms with van der Waals surface area (Å²) >= 11 is 0. The predicted molar refractivity (Wildman–Crippen MR) is 79.0 cm³/mol. The van der Waals surface area contributed by atoms with Crippen molar-refractivity contribution in [3.63, 3.8) is 0 Å². The lowest BCUT2D eigenvalue weighted by molar-refractivity contribution is -0.136. The van der Waals surface area contributed by atoms with E-state index in [-0.39, 0.29) is 11.3 Å². The summed E-state index contributed by atoms with van der Waals surface area (Å²) in [5.41, 5.74) is 6.64. The van der Waals surface area contributed by atoms with Crippen LogP contribution in [0.5, 0.6) is 0 Å². The van der Waals surface area contributed by atoms with Crippen molar-refractivity contribution < 1.29 is 9.53 Å². The van der Waals surface area contributed by atoms with Crippen LogP contribution < -0.4 is 5.73 Å². The van der Waals surface area contributed by atoms with Gasteiger partial charge < -0.3 is 15.4 Å². The Morgan fingerprint density at radius 2 is 2.15 bits per heavy atom. The maximum atomic E-state index is 12.5. The molecule has 0 radical (unpaired) electrons. The smallest absolute Gasteiger partial charge is 0.240 e. The van der Waals surface area contributed by atoms with Crippen LogP contribution in [0.1, 0.15) is 26.5 Å². The number of amides is 1. The molecule has 1 atom stereocenters. The van der Waals surface area contributed by atoms with Gasteiger partial charge in [-0.05, 0) is 17.5 Å². The molecule has 1 aromatic heterocycles. The van der Waals surface area contributed by atoms with Gasteiger partial charge in [-0.15, -0.1) is 0 Å². The molecule has 0 saturated carbocycles. The molecule has 2 N–H and O–H groups in total. The van der Waals surface area contributed by atoms with E-state index in [1.54, 1.807) is 18.2 Å². The van der Waals surface area contributed by atoms with Crippen LogP contribution in [-0.2, 0) is 16.1 Å². The van der Waals surface area contributed by atoms with E-state index in [0.717, 1.165) is 5.69 Å². The summed E-state index contributed by atoms with van der Waals surface area (Å²) in [4.78, 5) is 18.5. The largest absolute Gasteiger partial charge is 0.383 e. The summed E-state index contributed by atoms with van der Waals surface area (Å²) in [7, 11) is 1.62. The molecule has 0 fully saturated rings. The number of nitrogens with two attached hydrogens (primary N) is 1. The van der Waals surface area contributed by atoms with Crippen LogP contribution in [0.15, 0.2) is 24.4 Å². The maximum absolute atomic E-state index is 12.5. The van der Waals surface area contributed by atoms with E-state index in [0.29, 0.717) is 19.7 Å². The molecule has 20 heavy (non-hydrogen) atoms. The molecule has 1 amide bonds. The average Bonchev–Trinajstić information content (AvgIpc) is 2.42. The van der Waals surface area contributed by atoms with Crippen molar-refractivity contribution >= 4 is 5.91 Å². The summed E-state index contributed by atoms with van der Waals surface area (Å²) in [6.45, 7) is 7.33. The van der Waals surface area contributed by atoms with Gasteiger partial charge in [0.1, 0.15) is 0 Å². The summed E-state index contributed by atoms with van der Waals surface area (Å²) in [5.74, 6) is -0.0693. The molecule has 5 heteroatoms. The number of methoxy groups -OCH3 is 1. The molecule has 1 heterocycles. The SMILES string of the molecule is COCCN(Cc1ccccn1)C(=O)C(N)C(C)(C)C. The molecule has 0 bridgehead atoms. The number of pyridine rings is 1. The molecule has 0 aromatic carbocycles. The molecule has 0 aliphatic rings. The van der Waals surface area contributed by atoms with E-state index in [2.05, 4.69) is 4.98 Å². The second-order valence-corrected chi connectivity index (χ2v) is 5.92. The number of carbonyl (C=O) groups is 1. The van der Waals surface area contributed by atoms with Gasteiger partial charge >= 0.3 is 0 Å². The highest BCUT2D eigenvalue weighted by Crippen LogP contribution is 2.19. The maximum Gasteiger partial charge on any atom is 0.240 e. The second-order valence-electron chi connectivity index (χ2n) is 5.92. The number of carbonyl (C=O) groups excluding carboxylic acids is 1. The third-order valence-corrected chi connectivity index (χ3v) is 3.16. The van der Waals surface area contributed by atoms with Crippen LogP contribution >= 0.6 is 0 Å². The fraction of sp³-hybridized carbons (Fsp3) is 0.600. The number of rotatable bonds is 6. The third-order valence-electron chi connectivity index (χ3n) is 3.16. The summed E-state index contributed by atoms with van der Waals surface area (Å²) in [6, 6.07) is 5.12. The molecule has 0 saturated heterocycles. The first kappa shape index (κ1) is 16.6. The molecule has 5 nitrogen and oxygen atoms in total. The minimum atomic E-state index is -0.539. The average molecular weight is 279 g/mol. The summed E-state index contributed by atoms with van der Waals surface area (Å²) in [5, 5.41) is 0. The molecule has 1 rings (SSSR count). The Kier molecular flexibility index (Phi) is 6.10. The summed E-state index contributed by atoms with van der Waals surface area (Å²) < 4.78 is 5.07. The van der Waals surface area contributed by atoms with Crippen LogP contribution in [-0.4, -0.2) is 42.1 Å². The van der Waals surface area contributed by atoms with Crippen LogP contribution in [0.4, 0.5) is 0 Å². The van der Waals surface area contributed by atoms with Gasteiger partial charge in [-0.1, -0.05) is 26.8 Å². The van der Waals surface area contributed by atoms with Gasteiger partial charge in [0.2, 0.25) is 5.91 Å². The molecule has 112 valence electrons. The molecular formula is C15H25N3O2. The minimum Gasteiger partial charge on any atom is -0.383 e. The Morgan fingerprint density at radius 3 is 2.65 bits per heavy atom. The van der Waals surface area contributed by atoms with E-state index >= 15 is 0 Å². The van der Waals surface area contributed by atoms with Gasteiger partial charge in [0.25, 0.3) is 0 Å². The standard InChI is InChI=1S/C15H25N3O2/c1-15(2,3)13(16)14(19)18(9-10-20-4)11-12-7-5-6-8-17-12/h5-8,13H,9-11,16H2,1-4H3. The molecular weight excluding hydrogens is 254 g/mol. The molecule has 0 aliphatic carbocycles. The zero-order chi connectivity index (χ0) is 15.2. The second kappa shape index (κ2) is 7.36. The van der Waals surface area contributed by atoms with Gasteiger partial charge in [0.05, 0.1) is 24.9 Å². The molecule has 0 aliphatic heterocycles. The Hall–Kier alpha value is -1.46. The lowest BCUT2D eigenvalue weighted by Gasteiger charge is -2.31. The van der Waals surface area contributed by atoms with E-state index in [9.17, 15) is 4.79 Å². The van der Waals surface area contributed by atoms with Crippen molar-refractivity contribution in [3.8, 4) is 0 Å². The molecule has 0 spiro atoms. The number of hydrogen-bond donors (Lipinski definition) is 1. The highest BCUT2D eigenvalue weighted by atomic mass is 16.5. The van der Waals surface area contributed by atoms with Crippen molar-refractivity contribution in [1.82, 2.24) is 9.88 Å². The first-order valence-corrected chi connectivity index (χ1v) is 6.79. The number of nitrogens with zero attached hydrogens (tertiary/aromatic N) is 2. The van der Waals surface area contributed by atoms with Crippen LogP contribution in [0, 0.1) is 5.41 Å². The van der Waals surface area contributed by atoms with Crippen LogP contribution in [0.25, 0.3) is 0 Å². The Morgan fingerprint density at radius 1 is 1.45 bits per heavy atom. The Balaban J connectivity index is 2.81. The van der Waals surface area contributed by atoms with Gasteiger partial charge in [0, 0.05) is 19.9 Å². The van der Waals surface area contributed by atoms with Gasteiger partial charge in [-0.3, -0.25) is 9.78 Å². The van der Waals surface area contributed by atoms with Crippen LogP contribution in [0.3, 0.4) is 0 Å². The lowest BCUT2D eigenvalue weighted by Crippen LogP contribution is -2.50. The lowest BCUT2D eigenvalue weighted by atomic mass is 9.86. The van der Waals surface area contributed by atoms with E-state index in [4.69, 9.17) is 10.5 Å². The molecule has 1 unspecified atom stereocenters. The Labute approximate surface area is 121 Å². The first-order valence-electron chi connectivity index (χ1n) is 6.79. The van der Waals surface area contributed by atoms with E-state index in [1.807, 2.05) is 39.0 Å².